The van der Waals surface area contributed by atoms with Gasteiger partial charge in [0.2, 0.25) is 0 Å². The number of ketones is 1. The fourth-order valence-electron chi connectivity index (χ4n) is 4.16. The maximum absolute atomic E-state index is 13.4. The molecule has 4 rings (SSSR count). The number of anilines is 1. The summed E-state index contributed by atoms with van der Waals surface area (Å²) in [5.74, 6) is -0.196. The summed E-state index contributed by atoms with van der Waals surface area (Å²) in [4.78, 5) is 28.1. The third-order valence-electron chi connectivity index (χ3n) is 5.82. The van der Waals surface area contributed by atoms with Crippen LogP contribution in [0.3, 0.4) is 0 Å². The first-order chi connectivity index (χ1) is 16.8. The van der Waals surface area contributed by atoms with Crippen molar-refractivity contribution in [3.8, 4) is 11.5 Å². The number of benzene rings is 3. The van der Waals surface area contributed by atoms with Gasteiger partial charge >= 0.3 is 0 Å². The molecule has 0 radical (unpaired) electrons. The lowest BCUT2D eigenvalue weighted by Gasteiger charge is -2.26. The van der Waals surface area contributed by atoms with Crippen LogP contribution in [0.1, 0.15) is 36.6 Å². The van der Waals surface area contributed by atoms with E-state index in [0.29, 0.717) is 40.8 Å². The molecule has 0 aliphatic carbocycles. The monoisotopic (exact) mass is 471 g/mol. The Labute approximate surface area is 205 Å². The van der Waals surface area contributed by atoms with E-state index in [2.05, 4.69) is 0 Å². The van der Waals surface area contributed by atoms with Crippen molar-refractivity contribution in [2.24, 2.45) is 5.92 Å². The summed E-state index contributed by atoms with van der Waals surface area (Å²) >= 11 is 0. The Bertz CT molecular complexity index is 1290. The lowest BCUT2D eigenvalue weighted by Crippen LogP contribution is -2.29. The Morgan fingerprint density at radius 2 is 1.69 bits per heavy atom. The van der Waals surface area contributed by atoms with Gasteiger partial charge in [0.15, 0.2) is 0 Å². The van der Waals surface area contributed by atoms with Gasteiger partial charge in [0, 0.05) is 11.3 Å². The highest BCUT2D eigenvalue weighted by atomic mass is 16.5. The first-order valence-corrected chi connectivity index (χ1v) is 11.5. The van der Waals surface area contributed by atoms with Gasteiger partial charge in [-0.05, 0) is 60.4 Å². The van der Waals surface area contributed by atoms with E-state index < -0.39 is 17.7 Å². The molecule has 1 aliphatic heterocycles. The summed E-state index contributed by atoms with van der Waals surface area (Å²) in [6, 6.07) is 20.7. The van der Waals surface area contributed by atoms with Gasteiger partial charge in [-0.1, -0.05) is 50.2 Å². The van der Waals surface area contributed by atoms with Crippen LogP contribution in [0.4, 0.5) is 5.69 Å². The summed E-state index contributed by atoms with van der Waals surface area (Å²) in [5, 5.41) is 11.4. The SMILES string of the molecule is COc1cccc(C2/C(=C(\O)c3cccc(OCC(C)C)c3)C(=O)C(=O)N2c2cccc(C)c2)c1. The van der Waals surface area contributed by atoms with Crippen molar-refractivity contribution in [1.82, 2.24) is 0 Å². The highest BCUT2D eigenvalue weighted by Gasteiger charge is 2.47. The molecule has 1 N–H and O–H groups in total. The van der Waals surface area contributed by atoms with Gasteiger partial charge in [0.05, 0.1) is 25.3 Å². The summed E-state index contributed by atoms with van der Waals surface area (Å²) in [5.41, 5.74) is 2.60. The Hall–Kier alpha value is -4.06. The van der Waals surface area contributed by atoms with Crippen LogP contribution in [0.15, 0.2) is 78.4 Å². The van der Waals surface area contributed by atoms with Crippen molar-refractivity contribution in [3.05, 3.63) is 95.1 Å². The highest BCUT2D eigenvalue weighted by Crippen LogP contribution is 2.43. The van der Waals surface area contributed by atoms with E-state index >= 15 is 0 Å². The number of hydrogen-bond donors (Lipinski definition) is 1. The fourth-order valence-corrected chi connectivity index (χ4v) is 4.16. The molecule has 0 saturated carbocycles. The van der Waals surface area contributed by atoms with E-state index in [1.54, 1.807) is 55.6 Å². The van der Waals surface area contributed by atoms with Gasteiger partial charge in [-0.2, -0.15) is 0 Å². The van der Waals surface area contributed by atoms with Crippen molar-refractivity contribution in [1.29, 1.82) is 0 Å². The van der Waals surface area contributed by atoms with Crippen LogP contribution in [-0.2, 0) is 9.59 Å². The molecule has 1 unspecified atom stereocenters. The molecule has 1 amide bonds. The number of carbonyl (C=O) groups excluding carboxylic acids is 2. The van der Waals surface area contributed by atoms with Crippen molar-refractivity contribution in [2.45, 2.75) is 26.8 Å². The fraction of sp³-hybridized carbons (Fsp3) is 0.241. The molecule has 0 bridgehead atoms. The molecule has 0 aromatic heterocycles. The number of aliphatic hydroxyl groups is 1. The number of hydrogen-bond acceptors (Lipinski definition) is 5. The van der Waals surface area contributed by atoms with Crippen LogP contribution in [0.2, 0.25) is 0 Å². The van der Waals surface area contributed by atoms with Gasteiger partial charge in [-0.15, -0.1) is 0 Å². The molecule has 3 aromatic carbocycles. The second-order valence-electron chi connectivity index (χ2n) is 9.02. The minimum atomic E-state index is -0.827. The summed E-state index contributed by atoms with van der Waals surface area (Å²) in [6.07, 6.45) is 0. The number of rotatable bonds is 7. The molecule has 1 atom stereocenters. The van der Waals surface area contributed by atoms with E-state index in [1.807, 2.05) is 45.0 Å². The van der Waals surface area contributed by atoms with Crippen molar-refractivity contribution >= 4 is 23.1 Å². The molecular weight excluding hydrogens is 442 g/mol. The topological polar surface area (TPSA) is 76.1 Å². The first kappa shape index (κ1) is 24.1. The first-order valence-electron chi connectivity index (χ1n) is 11.5. The second-order valence-corrected chi connectivity index (χ2v) is 9.02. The van der Waals surface area contributed by atoms with Gasteiger partial charge in [0.1, 0.15) is 17.3 Å². The highest BCUT2D eigenvalue weighted by molar-refractivity contribution is 6.51. The van der Waals surface area contributed by atoms with Gasteiger partial charge in [0.25, 0.3) is 11.7 Å². The quantitative estimate of drug-likeness (QED) is 0.273. The third-order valence-corrected chi connectivity index (χ3v) is 5.82. The molecule has 1 aliphatic rings. The van der Waals surface area contributed by atoms with Gasteiger partial charge < -0.3 is 14.6 Å². The lowest BCUT2D eigenvalue weighted by molar-refractivity contribution is -0.132. The number of ether oxygens (including phenoxy) is 2. The number of carbonyl (C=O) groups is 2. The lowest BCUT2D eigenvalue weighted by atomic mass is 9.95. The molecule has 6 nitrogen and oxygen atoms in total. The van der Waals surface area contributed by atoms with E-state index in [4.69, 9.17) is 9.47 Å². The van der Waals surface area contributed by atoms with Crippen LogP contribution in [0, 0.1) is 12.8 Å². The van der Waals surface area contributed by atoms with Crippen molar-refractivity contribution < 1.29 is 24.2 Å². The zero-order chi connectivity index (χ0) is 25.1. The number of methoxy groups -OCH3 is 1. The second kappa shape index (κ2) is 10.1. The molecule has 0 spiro atoms. The number of Topliss-reactive ketones (excluding diaryl/α,β-unsaturated/α-hetero) is 1. The standard InChI is InChI=1S/C29H29NO5/c1-18(2)17-35-24-13-7-10-21(16-24)27(31)25-26(20-9-6-12-23(15-20)34-4)30(29(33)28(25)32)22-11-5-8-19(3)14-22/h5-16,18,26,31H,17H2,1-4H3/b27-25+. The van der Waals surface area contributed by atoms with Crippen molar-refractivity contribution in [3.63, 3.8) is 0 Å². The predicted molar refractivity (Wildman–Crippen MR) is 136 cm³/mol. The van der Waals surface area contributed by atoms with Crippen LogP contribution in [-0.4, -0.2) is 30.5 Å². The Morgan fingerprint density at radius 1 is 0.971 bits per heavy atom. The number of amides is 1. The largest absolute Gasteiger partial charge is 0.507 e. The third kappa shape index (κ3) is 4.92. The maximum Gasteiger partial charge on any atom is 0.300 e. The van der Waals surface area contributed by atoms with Crippen molar-refractivity contribution in [2.75, 3.05) is 18.6 Å². The number of nitrogens with zero attached hydrogens (tertiary/aromatic N) is 1. The van der Waals surface area contributed by atoms with Crippen LogP contribution >= 0.6 is 0 Å². The zero-order valence-electron chi connectivity index (χ0n) is 20.3. The zero-order valence-corrected chi connectivity index (χ0v) is 20.3. The van der Waals surface area contributed by atoms with Crippen LogP contribution in [0.5, 0.6) is 11.5 Å². The maximum atomic E-state index is 13.4. The Morgan fingerprint density at radius 3 is 2.40 bits per heavy atom. The Balaban J connectivity index is 1.88. The number of aliphatic hydroxyl groups excluding tert-OH is 1. The van der Waals surface area contributed by atoms with E-state index in [-0.39, 0.29) is 11.3 Å². The molecule has 180 valence electrons. The minimum absolute atomic E-state index is 0.0192. The molecule has 1 fully saturated rings. The minimum Gasteiger partial charge on any atom is -0.507 e. The molecule has 35 heavy (non-hydrogen) atoms. The van der Waals surface area contributed by atoms with Crippen LogP contribution in [0.25, 0.3) is 5.76 Å². The molecule has 1 heterocycles. The average Bonchev–Trinajstić information content (AvgIpc) is 3.13. The summed E-state index contributed by atoms with van der Waals surface area (Å²) in [6.45, 7) is 6.53. The average molecular weight is 472 g/mol. The van der Waals surface area contributed by atoms with Crippen LogP contribution < -0.4 is 14.4 Å². The number of aryl methyl sites for hydroxylation is 1. The Kier molecular flexibility index (Phi) is 6.92. The molecular formula is C29H29NO5. The van der Waals surface area contributed by atoms with E-state index in [0.717, 1.165) is 5.56 Å². The summed E-state index contributed by atoms with van der Waals surface area (Å²) in [7, 11) is 1.55. The molecule has 6 heteroatoms. The van der Waals surface area contributed by atoms with E-state index in [9.17, 15) is 14.7 Å². The van der Waals surface area contributed by atoms with E-state index in [1.165, 1.54) is 4.90 Å². The normalized spacial score (nSPS) is 17.2. The predicted octanol–water partition coefficient (Wildman–Crippen LogP) is 5.66. The summed E-state index contributed by atoms with van der Waals surface area (Å²) < 4.78 is 11.2. The molecule has 1 saturated heterocycles. The van der Waals surface area contributed by atoms with Gasteiger partial charge in [-0.3, -0.25) is 14.5 Å². The molecule has 3 aromatic rings. The van der Waals surface area contributed by atoms with Gasteiger partial charge in [-0.25, -0.2) is 0 Å². The smallest absolute Gasteiger partial charge is 0.300 e.